The largest absolute Gasteiger partial charge is 0.396 e. The zero-order valence-electron chi connectivity index (χ0n) is 9.94. The van der Waals surface area contributed by atoms with Gasteiger partial charge in [-0.15, -0.1) is 11.8 Å². The predicted molar refractivity (Wildman–Crippen MR) is 68.8 cm³/mol. The Bertz CT molecular complexity index is 307. The molecule has 0 aliphatic carbocycles. The number of aliphatic hydroxyl groups excluding tert-OH is 1. The van der Waals surface area contributed by atoms with Gasteiger partial charge < -0.3 is 10.4 Å². The third-order valence-corrected chi connectivity index (χ3v) is 3.43. The van der Waals surface area contributed by atoms with Crippen LogP contribution >= 0.6 is 11.8 Å². The number of hydrogen-bond acceptors (Lipinski definition) is 4. The lowest BCUT2D eigenvalue weighted by molar-refractivity contribution is 0.296. The molecule has 4 heteroatoms. The zero-order chi connectivity index (χ0) is 11.8. The third kappa shape index (κ3) is 4.12. The highest BCUT2D eigenvalue weighted by Crippen LogP contribution is 2.25. The number of pyridine rings is 1. The van der Waals surface area contributed by atoms with Crippen molar-refractivity contribution >= 4 is 11.8 Å². The van der Waals surface area contributed by atoms with Crippen LogP contribution in [0.25, 0.3) is 0 Å². The van der Waals surface area contributed by atoms with Gasteiger partial charge in [0.05, 0.1) is 0 Å². The summed E-state index contributed by atoms with van der Waals surface area (Å²) in [5.74, 6) is 0.916. The summed E-state index contributed by atoms with van der Waals surface area (Å²) in [7, 11) is 0. The van der Waals surface area contributed by atoms with Gasteiger partial charge in [-0.3, -0.25) is 0 Å². The van der Waals surface area contributed by atoms with Gasteiger partial charge in [-0.25, -0.2) is 4.98 Å². The van der Waals surface area contributed by atoms with E-state index in [0.717, 1.165) is 23.7 Å². The molecule has 0 fully saturated rings. The maximum Gasteiger partial charge on any atom is 0.101 e. The first kappa shape index (κ1) is 13.5. The van der Waals surface area contributed by atoms with E-state index < -0.39 is 0 Å². The van der Waals surface area contributed by atoms with Crippen molar-refractivity contribution < 1.29 is 5.11 Å². The van der Waals surface area contributed by atoms with Gasteiger partial charge in [-0.05, 0) is 26.0 Å². The van der Waals surface area contributed by atoms with Crippen molar-refractivity contribution in [2.75, 3.05) is 18.9 Å². The molecule has 90 valence electrons. The van der Waals surface area contributed by atoms with Crippen LogP contribution in [-0.2, 0) is 0 Å². The number of nitrogens with one attached hydrogen (secondary N) is 1. The van der Waals surface area contributed by atoms with E-state index in [-0.39, 0.29) is 6.61 Å². The first-order valence-corrected chi connectivity index (χ1v) is 6.70. The second-order valence-corrected chi connectivity index (χ2v) is 4.69. The Morgan fingerprint density at radius 3 is 3.06 bits per heavy atom. The molecule has 0 saturated carbocycles. The molecule has 0 bridgehead atoms. The lowest BCUT2D eigenvalue weighted by Crippen LogP contribution is -2.18. The Kier molecular flexibility index (Phi) is 6.45. The number of nitrogens with zero attached hydrogens (tertiary/aromatic N) is 1. The van der Waals surface area contributed by atoms with Crippen LogP contribution in [0.5, 0.6) is 0 Å². The summed E-state index contributed by atoms with van der Waals surface area (Å²) in [6, 6.07) is 4.41. The maximum atomic E-state index is 8.76. The minimum Gasteiger partial charge on any atom is -0.396 e. The van der Waals surface area contributed by atoms with Gasteiger partial charge in [-0.2, -0.15) is 0 Å². The van der Waals surface area contributed by atoms with Crippen molar-refractivity contribution in [2.24, 2.45) is 0 Å². The van der Waals surface area contributed by atoms with Crippen LogP contribution < -0.4 is 5.32 Å². The van der Waals surface area contributed by atoms with Crippen LogP contribution in [0, 0.1) is 0 Å². The molecule has 0 saturated heterocycles. The van der Waals surface area contributed by atoms with Gasteiger partial charge in [0, 0.05) is 30.2 Å². The Morgan fingerprint density at radius 1 is 1.56 bits per heavy atom. The molecule has 0 aliphatic heterocycles. The van der Waals surface area contributed by atoms with Crippen LogP contribution in [0.15, 0.2) is 23.4 Å². The van der Waals surface area contributed by atoms with Crippen molar-refractivity contribution in [1.82, 2.24) is 10.3 Å². The molecule has 16 heavy (non-hydrogen) atoms. The van der Waals surface area contributed by atoms with E-state index >= 15 is 0 Å². The monoisotopic (exact) mass is 240 g/mol. The quantitative estimate of drug-likeness (QED) is 0.566. The van der Waals surface area contributed by atoms with Crippen LogP contribution in [0.1, 0.15) is 31.9 Å². The summed E-state index contributed by atoms with van der Waals surface area (Å²) < 4.78 is 0. The van der Waals surface area contributed by atoms with Gasteiger partial charge in [0.25, 0.3) is 0 Å². The summed E-state index contributed by atoms with van der Waals surface area (Å²) in [6.07, 6.45) is 2.64. The molecule has 0 amide bonds. The van der Waals surface area contributed by atoms with E-state index in [4.69, 9.17) is 5.11 Å². The van der Waals surface area contributed by atoms with Crippen LogP contribution in [0.4, 0.5) is 0 Å². The maximum absolute atomic E-state index is 8.76. The number of aliphatic hydroxyl groups is 1. The second-order valence-electron chi connectivity index (χ2n) is 3.60. The Morgan fingerprint density at radius 2 is 2.38 bits per heavy atom. The first-order chi connectivity index (χ1) is 7.79. The molecule has 1 aromatic rings. The molecule has 1 heterocycles. The van der Waals surface area contributed by atoms with E-state index in [1.54, 1.807) is 11.8 Å². The van der Waals surface area contributed by atoms with E-state index in [9.17, 15) is 0 Å². The van der Waals surface area contributed by atoms with Crippen LogP contribution in [0.3, 0.4) is 0 Å². The molecule has 1 aromatic heterocycles. The third-order valence-electron chi connectivity index (χ3n) is 2.32. The normalized spacial score (nSPS) is 12.7. The molecule has 0 aromatic carbocycles. The SMILES string of the molecule is CCNC(C)c1cccnc1SCCCO. The Hall–Kier alpha value is -0.580. The van der Waals surface area contributed by atoms with Crippen molar-refractivity contribution in [1.29, 1.82) is 0 Å². The summed E-state index contributed by atoms with van der Waals surface area (Å²) in [4.78, 5) is 4.40. The van der Waals surface area contributed by atoms with Gasteiger partial charge in [0.15, 0.2) is 0 Å². The first-order valence-electron chi connectivity index (χ1n) is 5.71. The van der Waals surface area contributed by atoms with Crippen LogP contribution in [-0.4, -0.2) is 29.0 Å². The number of hydrogen-bond donors (Lipinski definition) is 2. The minimum atomic E-state index is 0.248. The fourth-order valence-electron chi connectivity index (χ4n) is 1.50. The van der Waals surface area contributed by atoms with E-state index in [2.05, 4.69) is 30.2 Å². The molecule has 0 radical (unpaired) electrons. The van der Waals surface area contributed by atoms with Gasteiger partial charge >= 0.3 is 0 Å². The van der Waals surface area contributed by atoms with E-state index in [1.165, 1.54) is 5.56 Å². The molecule has 2 N–H and O–H groups in total. The number of rotatable bonds is 7. The van der Waals surface area contributed by atoms with Crippen molar-refractivity contribution in [2.45, 2.75) is 31.3 Å². The summed E-state index contributed by atoms with van der Waals surface area (Å²) in [5.41, 5.74) is 1.24. The molecule has 0 aliphatic rings. The van der Waals surface area contributed by atoms with E-state index in [0.29, 0.717) is 6.04 Å². The smallest absolute Gasteiger partial charge is 0.101 e. The van der Waals surface area contributed by atoms with Gasteiger partial charge in [0.1, 0.15) is 5.03 Å². The second kappa shape index (κ2) is 7.65. The van der Waals surface area contributed by atoms with Crippen molar-refractivity contribution in [3.05, 3.63) is 23.9 Å². The Labute approximate surface area is 102 Å². The zero-order valence-corrected chi connectivity index (χ0v) is 10.8. The average Bonchev–Trinajstić information content (AvgIpc) is 2.30. The fourth-order valence-corrected chi connectivity index (χ4v) is 2.52. The summed E-state index contributed by atoms with van der Waals surface area (Å²) in [5, 5.41) is 13.2. The average molecular weight is 240 g/mol. The fraction of sp³-hybridized carbons (Fsp3) is 0.583. The van der Waals surface area contributed by atoms with Gasteiger partial charge in [-0.1, -0.05) is 13.0 Å². The predicted octanol–water partition coefficient (Wildman–Crippen LogP) is 2.23. The van der Waals surface area contributed by atoms with Crippen LogP contribution in [0.2, 0.25) is 0 Å². The van der Waals surface area contributed by atoms with Crippen molar-refractivity contribution in [3.63, 3.8) is 0 Å². The highest BCUT2D eigenvalue weighted by Gasteiger charge is 2.10. The minimum absolute atomic E-state index is 0.248. The highest BCUT2D eigenvalue weighted by atomic mass is 32.2. The standard InChI is InChI=1S/C12H20N2OS/c1-3-13-10(2)11-6-4-7-14-12(11)16-9-5-8-15/h4,6-7,10,13,15H,3,5,8-9H2,1-2H3. The van der Waals surface area contributed by atoms with Gasteiger partial charge in [0.2, 0.25) is 0 Å². The lowest BCUT2D eigenvalue weighted by atomic mass is 10.1. The molecule has 1 rings (SSSR count). The van der Waals surface area contributed by atoms with Crippen molar-refractivity contribution in [3.8, 4) is 0 Å². The topological polar surface area (TPSA) is 45.2 Å². The molecular weight excluding hydrogens is 220 g/mol. The molecule has 1 unspecified atom stereocenters. The molecule has 3 nitrogen and oxygen atoms in total. The molecule has 1 atom stereocenters. The lowest BCUT2D eigenvalue weighted by Gasteiger charge is -2.15. The highest BCUT2D eigenvalue weighted by molar-refractivity contribution is 7.99. The van der Waals surface area contributed by atoms with E-state index in [1.807, 2.05) is 12.3 Å². The Balaban J connectivity index is 2.67. The summed E-state index contributed by atoms with van der Waals surface area (Å²) in [6.45, 7) is 5.46. The number of thioether (sulfide) groups is 1. The number of aromatic nitrogens is 1. The summed E-state index contributed by atoms with van der Waals surface area (Å²) >= 11 is 1.71. The molecule has 0 spiro atoms. The molecular formula is C12H20N2OS.